The molecule has 0 saturated carbocycles. The lowest BCUT2D eigenvalue weighted by Crippen LogP contribution is -2.48. The highest BCUT2D eigenvalue weighted by Crippen LogP contribution is 2.25. The molecular weight excluding hydrogens is 388 g/mol. The first kappa shape index (κ1) is 22.7. The number of methoxy groups -OCH3 is 1. The molecule has 2 aromatic rings. The van der Waals surface area contributed by atoms with Gasteiger partial charge in [-0.2, -0.15) is 0 Å². The van der Waals surface area contributed by atoms with E-state index in [0.717, 1.165) is 28.3 Å². The highest BCUT2D eigenvalue weighted by atomic mass is 32.2. The van der Waals surface area contributed by atoms with Gasteiger partial charge in [0.25, 0.3) is 0 Å². The number of carbonyl (C=O) groups excluding carboxylic acids is 1. The number of para-hydroxylation sites is 1. The van der Waals surface area contributed by atoms with Gasteiger partial charge in [-0.05, 0) is 49.1 Å². The van der Waals surface area contributed by atoms with Gasteiger partial charge in [0.2, 0.25) is 15.9 Å². The molecule has 0 aliphatic rings. The number of hydrogen-bond acceptors (Lipinski definition) is 4. The topological polar surface area (TPSA) is 75.7 Å². The third-order valence-electron chi connectivity index (χ3n) is 4.64. The molecule has 0 spiro atoms. The van der Waals surface area contributed by atoms with Gasteiger partial charge in [0, 0.05) is 0 Å². The maximum absolute atomic E-state index is 13.1. The molecule has 0 aliphatic heterocycles. The molecule has 7 heteroatoms. The molecule has 29 heavy (non-hydrogen) atoms. The zero-order chi connectivity index (χ0) is 21.6. The van der Waals surface area contributed by atoms with Gasteiger partial charge in [-0.25, -0.2) is 8.42 Å². The molecule has 0 fully saturated rings. The smallest absolute Gasteiger partial charge is 0.244 e. The van der Waals surface area contributed by atoms with E-state index < -0.39 is 16.1 Å². The Morgan fingerprint density at radius 2 is 1.62 bits per heavy atom. The quantitative estimate of drug-likeness (QED) is 0.673. The number of sulfonamides is 1. The van der Waals surface area contributed by atoms with Crippen LogP contribution in [0.1, 0.15) is 38.8 Å². The third-order valence-corrected chi connectivity index (χ3v) is 5.88. The maximum Gasteiger partial charge on any atom is 0.244 e. The minimum absolute atomic E-state index is 0.229. The number of anilines is 1. The summed E-state index contributed by atoms with van der Waals surface area (Å²) in [6.45, 7) is 5.77. The van der Waals surface area contributed by atoms with Gasteiger partial charge < -0.3 is 10.1 Å². The van der Waals surface area contributed by atoms with E-state index in [9.17, 15) is 13.2 Å². The number of hydrogen-bond donors (Lipinski definition) is 1. The molecule has 1 N–H and O–H groups in total. The first-order chi connectivity index (χ1) is 13.6. The van der Waals surface area contributed by atoms with Crippen LogP contribution in [0, 0.1) is 5.92 Å². The summed E-state index contributed by atoms with van der Waals surface area (Å²) in [7, 11) is -2.03. The van der Waals surface area contributed by atoms with Crippen LogP contribution in [0.25, 0.3) is 0 Å². The Kier molecular flexibility index (Phi) is 7.67. The second kappa shape index (κ2) is 9.78. The molecule has 2 rings (SSSR count). The van der Waals surface area contributed by atoms with Crippen molar-refractivity contribution < 1.29 is 17.9 Å². The average Bonchev–Trinajstić information content (AvgIpc) is 2.67. The molecule has 1 amide bonds. The molecule has 2 atom stereocenters. The average molecular weight is 419 g/mol. The molecule has 2 aromatic carbocycles. The lowest BCUT2D eigenvalue weighted by molar-refractivity contribution is -0.122. The van der Waals surface area contributed by atoms with E-state index in [1.165, 1.54) is 0 Å². The first-order valence-electron chi connectivity index (χ1n) is 9.62. The fourth-order valence-corrected chi connectivity index (χ4v) is 4.44. The Labute approximate surface area is 173 Å². The van der Waals surface area contributed by atoms with Gasteiger partial charge in [-0.3, -0.25) is 9.10 Å². The summed E-state index contributed by atoms with van der Waals surface area (Å²) in [5, 5.41) is 3.04. The van der Waals surface area contributed by atoms with Gasteiger partial charge >= 0.3 is 0 Å². The molecule has 0 heterocycles. The van der Waals surface area contributed by atoms with Crippen LogP contribution in [0.3, 0.4) is 0 Å². The predicted octanol–water partition coefficient (Wildman–Crippen LogP) is 3.75. The number of ether oxygens (including phenoxy) is 1. The third kappa shape index (κ3) is 6.22. The fraction of sp³-hybridized carbons (Fsp3) is 0.409. The van der Waals surface area contributed by atoms with Gasteiger partial charge in [0.1, 0.15) is 11.8 Å². The molecule has 0 radical (unpaired) electrons. The van der Waals surface area contributed by atoms with Crippen LogP contribution in [-0.4, -0.2) is 33.7 Å². The van der Waals surface area contributed by atoms with Crippen molar-refractivity contribution in [1.29, 1.82) is 0 Å². The second-order valence-corrected chi connectivity index (χ2v) is 9.39. The summed E-state index contributed by atoms with van der Waals surface area (Å²) in [5.74, 6) is 0.739. The molecule has 0 saturated heterocycles. The van der Waals surface area contributed by atoms with Crippen molar-refractivity contribution in [2.45, 2.75) is 39.3 Å². The number of nitrogens with zero attached hydrogens (tertiary/aromatic N) is 1. The monoisotopic (exact) mass is 418 g/mol. The van der Waals surface area contributed by atoms with Crippen LogP contribution < -0.4 is 14.4 Å². The molecule has 6 nitrogen and oxygen atoms in total. The van der Waals surface area contributed by atoms with Gasteiger partial charge in [0.15, 0.2) is 0 Å². The highest BCUT2D eigenvalue weighted by molar-refractivity contribution is 7.92. The Balaban J connectivity index is 2.28. The van der Waals surface area contributed by atoms with Crippen LogP contribution in [0.4, 0.5) is 5.69 Å². The standard InChI is InChI=1S/C22H30N2O4S/c1-16(2)15-21(18-11-13-20(28-4)14-12-18)23-22(25)17(3)24(29(5,26)27)19-9-7-6-8-10-19/h6-14,16-17,21H,15H2,1-5H3,(H,23,25)/t17-,21+/m1/s1. The summed E-state index contributed by atoms with van der Waals surface area (Å²) in [6, 6.07) is 15.1. The lowest BCUT2D eigenvalue weighted by Gasteiger charge is -2.30. The summed E-state index contributed by atoms with van der Waals surface area (Å²) < 4.78 is 31.2. The first-order valence-corrected chi connectivity index (χ1v) is 11.5. The molecule has 0 aromatic heterocycles. The number of amides is 1. The Morgan fingerprint density at radius 1 is 1.03 bits per heavy atom. The van der Waals surface area contributed by atoms with E-state index in [-0.39, 0.29) is 11.9 Å². The van der Waals surface area contributed by atoms with Crippen molar-refractivity contribution in [3.05, 3.63) is 60.2 Å². The Morgan fingerprint density at radius 3 is 2.10 bits per heavy atom. The summed E-state index contributed by atoms with van der Waals surface area (Å²) in [4.78, 5) is 13.1. The van der Waals surface area contributed by atoms with E-state index in [2.05, 4.69) is 19.2 Å². The molecule has 0 unspecified atom stereocenters. The summed E-state index contributed by atoms with van der Waals surface area (Å²) in [6.07, 6.45) is 1.84. The molecular formula is C22H30N2O4S. The maximum atomic E-state index is 13.1. The van der Waals surface area contributed by atoms with Gasteiger partial charge in [0.05, 0.1) is 25.1 Å². The van der Waals surface area contributed by atoms with Crippen molar-refractivity contribution in [3.8, 4) is 5.75 Å². The van der Waals surface area contributed by atoms with Crippen LogP contribution in [0.5, 0.6) is 5.75 Å². The van der Waals surface area contributed by atoms with Crippen LogP contribution >= 0.6 is 0 Å². The SMILES string of the molecule is COc1ccc([C@H](CC(C)C)NC(=O)[C@@H](C)N(c2ccccc2)S(C)(=O)=O)cc1. The molecule has 0 bridgehead atoms. The number of nitrogens with one attached hydrogen (secondary N) is 1. The van der Waals surface area contributed by atoms with Gasteiger partial charge in [-0.1, -0.05) is 44.2 Å². The number of carbonyl (C=O) groups is 1. The summed E-state index contributed by atoms with van der Waals surface area (Å²) >= 11 is 0. The largest absolute Gasteiger partial charge is 0.497 e. The lowest BCUT2D eigenvalue weighted by atomic mass is 9.96. The van der Waals surface area contributed by atoms with E-state index >= 15 is 0 Å². The van der Waals surface area contributed by atoms with Gasteiger partial charge in [-0.15, -0.1) is 0 Å². The minimum Gasteiger partial charge on any atom is -0.497 e. The predicted molar refractivity (Wildman–Crippen MR) is 117 cm³/mol. The molecule has 158 valence electrons. The van der Waals surface area contributed by atoms with Crippen LogP contribution in [0.15, 0.2) is 54.6 Å². The zero-order valence-corrected chi connectivity index (χ0v) is 18.4. The van der Waals surface area contributed by atoms with E-state index in [1.54, 1.807) is 44.4 Å². The van der Waals surface area contributed by atoms with Crippen molar-refractivity contribution in [1.82, 2.24) is 5.32 Å². The van der Waals surface area contributed by atoms with E-state index in [0.29, 0.717) is 11.6 Å². The molecule has 0 aliphatic carbocycles. The van der Waals surface area contributed by atoms with Crippen molar-refractivity contribution >= 4 is 21.6 Å². The van der Waals surface area contributed by atoms with Crippen LogP contribution in [0.2, 0.25) is 0 Å². The van der Waals surface area contributed by atoms with Crippen molar-refractivity contribution in [2.24, 2.45) is 5.92 Å². The minimum atomic E-state index is -3.64. The highest BCUT2D eigenvalue weighted by Gasteiger charge is 2.30. The van der Waals surface area contributed by atoms with Crippen LogP contribution in [-0.2, 0) is 14.8 Å². The van der Waals surface area contributed by atoms with Crippen molar-refractivity contribution in [3.63, 3.8) is 0 Å². The summed E-state index contributed by atoms with van der Waals surface area (Å²) in [5.41, 5.74) is 1.41. The Hall–Kier alpha value is -2.54. The zero-order valence-electron chi connectivity index (χ0n) is 17.6. The number of rotatable bonds is 9. The van der Waals surface area contributed by atoms with E-state index in [4.69, 9.17) is 4.74 Å². The van der Waals surface area contributed by atoms with Crippen molar-refractivity contribution in [2.75, 3.05) is 17.7 Å². The van der Waals surface area contributed by atoms with E-state index in [1.807, 2.05) is 24.3 Å². The normalized spacial score (nSPS) is 13.6. The fourth-order valence-electron chi connectivity index (χ4n) is 3.26. The Bertz CT molecular complexity index is 896. The number of benzene rings is 2. The second-order valence-electron chi connectivity index (χ2n) is 7.53.